The molecule has 19 heavy (non-hydrogen) atoms. The number of thiophene rings is 1. The van der Waals surface area contributed by atoms with Gasteiger partial charge in [0.05, 0.1) is 16.6 Å². The molecule has 1 atom stereocenters. The van der Waals surface area contributed by atoms with Crippen molar-refractivity contribution in [1.82, 2.24) is 5.32 Å². The van der Waals surface area contributed by atoms with E-state index in [1.165, 1.54) is 4.88 Å². The number of nitrogens with one attached hydrogen (secondary N) is 1. The van der Waals surface area contributed by atoms with Gasteiger partial charge in [0.25, 0.3) is 5.91 Å². The van der Waals surface area contributed by atoms with E-state index in [1.54, 1.807) is 23.5 Å². The Kier molecular flexibility index (Phi) is 4.66. The minimum Gasteiger partial charge on any atom is -0.345 e. The fraction of sp³-hybridized carbons (Fsp3) is 0.214. The van der Waals surface area contributed by atoms with Crippen LogP contribution >= 0.6 is 38.9 Å². The molecule has 2 nitrogen and oxygen atoms in total. The number of amides is 1. The molecule has 2 rings (SSSR count). The standard InChI is InChI=1S/C14H13BrClNOS/c1-8-3-6-13(19-8)9(2)17-14(18)11-7-10(15)4-5-12(11)16/h3-7,9H,1-2H3,(H,17,18). The Morgan fingerprint density at radius 3 is 2.74 bits per heavy atom. The van der Waals surface area contributed by atoms with E-state index >= 15 is 0 Å². The maximum absolute atomic E-state index is 12.2. The lowest BCUT2D eigenvalue weighted by atomic mass is 10.2. The van der Waals surface area contributed by atoms with Crippen molar-refractivity contribution < 1.29 is 4.79 Å². The normalized spacial score (nSPS) is 12.2. The molecule has 1 aromatic heterocycles. The van der Waals surface area contributed by atoms with Gasteiger partial charge in [-0.3, -0.25) is 4.79 Å². The molecule has 0 aliphatic rings. The number of rotatable bonds is 3. The number of halogens is 2. The van der Waals surface area contributed by atoms with Gasteiger partial charge in [0.15, 0.2) is 0 Å². The van der Waals surface area contributed by atoms with Crippen molar-refractivity contribution in [3.63, 3.8) is 0 Å². The van der Waals surface area contributed by atoms with Gasteiger partial charge < -0.3 is 5.32 Å². The first-order chi connectivity index (χ1) is 8.97. The second-order valence-corrected chi connectivity index (χ2v) is 6.91. The van der Waals surface area contributed by atoms with Crippen LogP contribution in [0.5, 0.6) is 0 Å². The van der Waals surface area contributed by atoms with Crippen LogP contribution in [0, 0.1) is 6.92 Å². The van der Waals surface area contributed by atoms with Crippen LogP contribution in [-0.4, -0.2) is 5.91 Å². The van der Waals surface area contributed by atoms with E-state index in [4.69, 9.17) is 11.6 Å². The molecule has 0 radical (unpaired) electrons. The van der Waals surface area contributed by atoms with Gasteiger partial charge in [-0.15, -0.1) is 11.3 Å². The Balaban J connectivity index is 2.15. The zero-order chi connectivity index (χ0) is 14.0. The summed E-state index contributed by atoms with van der Waals surface area (Å²) in [6, 6.07) is 9.30. The van der Waals surface area contributed by atoms with Crippen LogP contribution in [0.3, 0.4) is 0 Å². The summed E-state index contributed by atoms with van der Waals surface area (Å²) in [6.45, 7) is 4.02. The molecule has 0 aliphatic carbocycles. The third kappa shape index (κ3) is 3.59. The molecule has 0 aliphatic heterocycles. The minimum absolute atomic E-state index is 0.0266. The zero-order valence-electron chi connectivity index (χ0n) is 10.5. The molecule has 0 saturated carbocycles. The molecule has 1 unspecified atom stereocenters. The average Bonchev–Trinajstić information content (AvgIpc) is 2.79. The highest BCUT2D eigenvalue weighted by molar-refractivity contribution is 9.10. The van der Waals surface area contributed by atoms with E-state index in [9.17, 15) is 4.79 Å². The van der Waals surface area contributed by atoms with Crippen LogP contribution in [0.1, 0.15) is 33.1 Å². The fourth-order valence-electron chi connectivity index (χ4n) is 1.70. The van der Waals surface area contributed by atoms with Gasteiger partial charge >= 0.3 is 0 Å². The molecular weight excluding hydrogens is 346 g/mol. The van der Waals surface area contributed by atoms with Crippen molar-refractivity contribution in [3.05, 3.63) is 55.1 Å². The van der Waals surface area contributed by atoms with E-state index in [2.05, 4.69) is 27.3 Å². The molecule has 1 heterocycles. The van der Waals surface area contributed by atoms with Crippen molar-refractivity contribution in [3.8, 4) is 0 Å². The van der Waals surface area contributed by atoms with Crippen molar-refractivity contribution in [2.45, 2.75) is 19.9 Å². The largest absolute Gasteiger partial charge is 0.345 e. The number of carbonyl (C=O) groups is 1. The number of carbonyl (C=O) groups excluding carboxylic acids is 1. The van der Waals surface area contributed by atoms with Gasteiger partial charge in [0, 0.05) is 14.2 Å². The Morgan fingerprint density at radius 1 is 1.37 bits per heavy atom. The van der Waals surface area contributed by atoms with Crippen LogP contribution in [0.2, 0.25) is 5.02 Å². The summed E-state index contributed by atoms with van der Waals surface area (Å²) in [5.41, 5.74) is 0.483. The highest BCUT2D eigenvalue weighted by Gasteiger charge is 2.15. The second-order valence-electron chi connectivity index (χ2n) is 4.27. The third-order valence-corrected chi connectivity index (χ3v) is 4.71. The molecule has 0 spiro atoms. The predicted octanol–water partition coefficient (Wildman–Crippen LogP) is 4.96. The van der Waals surface area contributed by atoms with E-state index < -0.39 is 0 Å². The number of benzene rings is 1. The summed E-state index contributed by atoms with van der Waals surface area (Å²) in [4.78, 5) is 14.6. The number of hydrogen-bond donors (Lipinski definition) is 1. The van der Waals surface area contributed by atoms with Gasteiger partial charge in [0.1, 0.15) is 0 Å². The van der Waals surface area contributed by atoms with Crippen LogP contribution < -0.4 is 5.32 Å². The van der Waals surface area contributed by atoms with Crippen LogP contribution in [-0.2, 0) is 0 Å². The molecule has 0 fully saturated rings. The first-order valence-electron chi connectivity index (χ1n) is 5.79. The summed E-state index contributed by atoms with van der Waals surface area (Å²) in [6.07, 6.45) is 0. The molecular formula is C14H13BrClNOS. The molecule has 5 heteroatoms. The quantitative estimate of drug-likeness (QED) is 0.825. The topological polar surface area (TPSA) is 29.1 Å². The molecule has 0 bridgehead atoms. The smallest absolute Gasteiger partial charge is 0.253 e. The number of aryl methyl sites for hydroxylation is 1. The summed E-state index contributed by atoms with van der Waals surface area (Å²) in [7, 11) is 0. The van der Waals surface area contributed by atoms with Gasteiger partial charge in [-0.05, 0) is 44.2 Å². The van der Waals surface area contributed by atoms with Crippen molar-refractivity contribution in [2.24, 2.45) is 0 Å². The summed E-state index contributed by atoms with van der Waals surface area (Å²) >= 11 is 11.1. The molecule has 1 amide bonds. The first-order valence-corrected chi connectivity index (χ1v) is 7.78. The van der Waals surface area contributed by atoms with Gasteiger partial charge in [-0.2, -0.15) is 0 Å². The maximum atomic E-state index is 12.2. The number of hydrogen-bond acceptors (Lipinski definition) is 2. The van der Waals surface area contributed by atoms with E-state index in [1.807, 2.05) is 26.0 Å². The molecule has 1 aromatic carbocycles. The van der Waals surface area contributed by atoms with Gasteiger partial charge in [-0.25, -0.2) is 0 Å². The average molecular weight is 359 g/mol. The highest BCUT2D eigenvalue weighted by atomic mass is 79.9. The van der Waals surface area contributed by atoms with E-state index in [0.717, 1.165) is 9.35 Å². The molecule has 100 valence electrons. The predicted molar refractivity (Wildman–Crippen MR) is 84.1 cm³/mol. The molecule has 0 saturated heterocycles. The van der Waals surface area contributed by atoms with Crippen molar-refractivity contribution in [2.75, 3.05) is 0 Å². The molecule has 1 N–H and O–H groups in total. The summed E-state index contributed by atoms with van der Waals surface area (Å²) in [5, 5.41) is 3.41. The van der Waals surface area contributed by atoms with E-state index in [-0.39, 0.29) is 11.9 Å². The lowest BCUT2D eigenvalue weighted by Gasteiger charge is -2.13. The van der Waals surface area contributed by atoms with Gasteiger partial charge in [0.2, 0.25) is 0 Å². The summed E-state index contributed by atoms with van der Waals surface area (Å²) in [5.74, 6) is -0.162. The lowest BCUT2D eigenvalue weighted by Crippen LogP contribution is -2.26. The summed E-state index contributed by atoms with van der Waals surface area (Å²) < 4.78 is 0.835. The van der Waals surface area contributed by atoms with Crippen molar-refractivity contribution >= 4 is 44.8 Å². The second kappa shape index (κ2) is 6.07. The van der Waals surface area contributed by atoms with E-state index in [0.29, 0.717) is 10.6 Å². The Hall–Kier alpha value is -0.840. The fourth-order valence-corrected chi connectivity index (χ4v) is 3.15. The SMILES string of the molecule is Cc1ccc(C(C)NC(=O)c2cc(Br)ccc2Cl)s1. The first kappa shape index (κ1) is 14.6. The third-order valence-electron chi connectivity index (χ3n) is 2.71. The van der Waals surface area contributed by atoms with Crippen LogP contribution in [0.15, 0.2) is 34.8 Å². The Labute approximate surface area is 129 Å². The van der Waals surface area contributed by atoms with Crippen molar-refractivity contribution in [1.29, 1.82) is 0 Å². The highest BCUT2D eigenvalue weighted by Crippen LogP contribution is 2.24. The lowest BCUT2D eigenvalue weighted by molar-refractivity contribution is 0.0940. The monoisotopic (exact) mass is 357 g/mol. The minimum atomic E-state index is -0.162. The zero-order valence-corrected chi connectivity index (χ0v) is 13.7. The van der Waals surface area contributed by atoms with Crippen LogP contribution in [0.4, 0.5) is 0 Å². The maximum Gasteiger partial charge on any atom is 0.253 e. The van der Waals surface area contributed by atoms with Crippen LogP contribution in [0.25, 0.3) is 0 Å². The van der Waals surface area contributed by atoms with Gasteiger partial charge in [-0.1, -0.05) is 27.5 Å². The Bertz CT molecular complexity index is 611. The Morgan fingerprint density at radius 2 is 2.11 bits per heavy atom. The molecule has 2 aromatic rings.